The average molecular weight is 157 g/mol. The fourth-order valence-electron chi connectivity index (χ4n) is 0.935. The predicted octanol–water partition coefficient (Wildman–Crippen LogP) is 1.64. The Hall–Kier alpha value is -1.52. The van der Waals surface area contributed by atoms with Crippen LogP contribution in [0, 0.1) is 11.8 Å². The minimum atomic E-state index is 0.394. The van der Waals surface area contributed by atoms with E-state index >= 15 is 0 Å². The quantitative estimate of drug-likeness (QED) is 0.616. The van der Waals surface area contributed by atoms with Gasteiger partial charge in [-0.15, -0.1) is 0 Å². The molecule has 60 valence electrons. The lowest BCUT2D eigenvalue weighted by molar-refractivity contribution is 1.30. The molecule has 0 spiro atoms. The van der Waals surface area contributed by atoms with Crippen molar-refractivity contribution < 1.29 is 0 Å². The third-order valence-corrected chi connectivity index (χ3v) is 1.51. The van der Waals surface area contributed by atoms with E-state index in [1.165, 1.54) is 0 Å². The van der Waals surface area contributed by atoms with Crippen LogP contribution < -0.4 is 5.73 Å². The molecule has 1 nitrogen and oxygen atoms in total. The molecular formula is C11H11N. The van der Waals surface area contributed by atoms with Crippen LogP contribution >= 0.6 is 0 Å². The normalized spacial score (nSPS) is 8.42. The molecule has 1 heteroatoms. The van der Waals surface area contributed by atoms with E-state index in [4.69, 9.17) is 5.73 Å². The Morgan fingerprint density at radius 2 is 2.17 bits per heavy atom. The van der Waals surface area contributed by atoms with E-state index in [0.29, 0.717) is 6.54 Å². The van der Waals surface area contributed by atoms with Gasteiger partial charge in [0.15, 0.2) is 0 Å². The van der Waals surface area contributed by atoms with Crippen LogP contribution in [-0.4, -0.2) is 6.54 Å². The van der Waals surface area contributed by atoms with Crippen LogP contribution in [0.4, 0.5) is 0 Å². The number of hydrogen-bond acceptors (Lipinski definition) is 1. The minimum absolute atomic E-state index is 0.394. The molecule has 1 rings (SSSR count). The van der Waals surface area contributed by atoms with Crippen molar-refractivity contribution in [3.63, 3.8) is 0 Å². The van der Waals surface area contributed by atoms with Gasteiger partial charge in [-0.1, -0.05) is 42.7 Å². The largest absolute Gasteiger partial charge is 0.320 e. The molecule has 0 radical (unpaired) electrons. The van der Waals surface area contributed by atoms with Gasteiger partial charge in [0, 0.05) is 5.56 Å². The highest BCUT2D eigenvalue weighted by Gasteiger charge is 1.91. The topological polar surface area (TPSA) is 26.0 Å². The van der Waals surface area contributed by atoms with Gasteiger partial charge in [0.25, 0.3) is 0 Å². The van der Waals surface area contributed by atoms with Crippen LogP contribution in [0.2, 0.25) is 0 Å². The first-order valence-electron chi connectivity index (χ1n) is 3.79. The minimum Gasteiger partial charge on any atom is -0.320 e. The monoisotopic (exact) mass is 157 g/mol. The van der Waals surface area contributed by atoms with Crippen molar-refractivity contribution >= 4 is 6.08 Å². The Balaban J connectivity index is 3.05. The Morgan fingerprint density at radius 1 is 1.42 bits per heavy atom. The number of hydrogen-bond donors (Lipinski definition) is 1. The van der Waals surface area contributed by atoms with Crippen molar-refractivity contribution in [2.24, 2.45) is 5.73 Å². The van der Waals surface area contributed by atoms with Gasteiger partial charge in [0.2, 0.25) is 0 Å². The molecule has 0 unspecified atom stereocenters. The summed E-state index contributed by atoms with van der Waals surface area (Å²) in [5, 5.41) is 0. The van der Waals surface area contributed by atoms with Gasteiger partial charge < -0.3 is 5.73 Å². The molecule has 2 N–H and O–H groups in total. The summed E-state index contributed by atoms with van der Waals surface area (Å²) in [5.41, 5.74) is 7.31. The van der Waals surface area contributed by atoms with E-state index in [2.05, 4.69) is 18.4 Å². The smallest absolute Gasteiger partial charge is 0.0555 e. The summed E-state index contributed by atoms with van der Waals surface area (Å²) in [6.07, 6.45) is 1.79. The van der Waals surface area contributed by atoms with Gasteiger partial charge in [-0.05, 0) is 11.6 Å². The third-order valence-electron chi connectivity index (χ3n) is 1.51. The summed E-state index contributed by atoms with van der Waals surface area (Å²) in [6.45, 7) is 4.09. The lowest BCUT2D eigenvalue weighted by Gasteiger charge is -1.95. The number of rotatable bonds is 1. The summed E-state index contributed by atoms with van der Waals surface area (Å²) in [5.74, 6) is 5.79. The van der Waals surface area contributed by atoms with Gasteiger partial charge in [-0.3, -0.25) is 0 Å². The Morgan fingerprint density at radius 3 is 2.83 bits per heavy atom. The Bertz CT molecular complexity index is 328. The van der Waals surface area contributed by atoms with Gasteiger partial charge in [-0.2, -0.15) is 0 Å². The summed E-state index contributed by atoms with van der Waals surface area (Å²) >= 11 is 0. The second-order valence-corrected chi connectivity index (χ2v) is 2.30. The van der Waals surface area contributed by atoms with E-state index in [1.807, 2.05) is 24.3 Å². The standard InChI is InChI=1S/C11H11N/c1-2-10-6-3-4-7-11(10)8-5-9-12/h2-4,6-7H,1,9,12H2. The lowest BCUT2D eigenvalue weighted by atomic mass is 10.1. The second kappa shape index (κ2) is 4.38. The van der Waals surface area contributed by atoms with Gasteiger partial charge in [-0.25, -0.2) is 0 Å². The molecule has 0 amide bonds. The molecule has 0 atom stereocenters. The zero-order chi connectivity index (χ0) is 8.81. The van der Waals surface area contributed by atoms with Crippen molar-refractivity contribution in [1.82, 2.24) is 0 Å². The molecule has 0 heterocycles. The van der Waals surface area contributed by atoms with Gasteiger partial charge >= 0.3 is 0 Å². The number of nitrogens with two attached hydrogens (primary N) is 1. The van der Waals surface area contributed by atoms with Crippen LogP contribution in [0.3, 0.4) is 0 Å². The van der Waals surface area contributed by atoms with E-state index in [1.54, 1.807) is 6.08 Å². The molecule has 0 aliphatic carbocycles. The fraction of sp³-hybridized carbons (Fsp3) is 0.0909. The third kappa shape index (κ3) is 1.98. The second-order valence-electron chi connectivity index (χ2n) is 2.30. The van der Waals surface area contributed by atoms with E-state index < -0.39 is 0 Å². The Kier molecular flexibility index (Phi) is 3.13. The first-order chi connectivity index (χ1) is 5.88. The van der Waals surface area contributed by atoms with Crippen LogP contribution in [0.15, 0.2) is 30.8 Å². The highest BCUT2D eigenvalue weighted by atomic mass is 14.5. The fourth-order valence-corrected chi connectivity index (χ4v) is 0.935. The molecular weight excluding hydrogens is 146 g/mol. The molecule has 0 aliphatic heterocycles. The summed E-state index contributed by atoms with van der Waals surface area (Å²) < 4.78 is 0. The van der Waals surface area contributed by atoms with Crippen molar-refractivity contribution in [1.29, 1.82) is 0 Å². The van der Waals surface area contributed by atoms with Crippen molar-refractivity contribution in [3.05, 3.63) is 42.0 Å². The van der Waals surface area contributed by atoms with Crippen LogP contribution in [0.5, 0.6) is 0 Å². The molecule has 0 bridgehead atoms. The van der Waals surface area contributed by atoms with E-state index in [0.717, 1.165) is 11.1 Å². The molecule has 0 fully saturated rings. The molecule has 1 aromatic rings. The van der Waals surface area contributed by atoms with Gasteiger partial charge in [0.05, 0.1) is 6.54 Å². The van der Waals surface area contributed by atoms with Crippen molar-refractivity contribution in [2.45, 2.75) is 0 Å². The lowest BCUT2D eigenvalue weighted by Crippen LogP contribution is -1.93. The zero-order valence-electron chi connectivity index (χ0n) is 6.88. The summed E-state index contributed by atoms with van der Waals surface area (Å²) in [6, 6.07) is 7.85. The molecule has 1 aromatic carbocycles. The van der Waals surface area contributed by atoms with Gasteiger partial charge in [0.1, 0.15) is 0 Å². The maximum Gasteiger partial charge on any atom is 0.0555 e. The van der Waals surface area contributed by atoms with Crippen molar-refractivity contribution in [2.75, 3.05) is 6.54 Å². The zero-order valence-corrected chi connectivity index (χ0v) is 6.88. The molecule has 0 aliphatic rings. The summed E-state index contributed by atoms with van der Waals surface area (Å²) in [4.78, 5) is 0. The van der Waals surface area contributed by atoms with E-state index in [-0.39, 0.29) is 0 Å². The summed E-state index contributed by atoms with van der Waals surface area (Å²) in [7, 11) is 0. The molecule has 12 heavy (non-hydrogen) atoms. The Labute approximate surface area is 72.9 Å². The SMILES string of the molecule is C=Cc1ccccc1C#CCN. The van der Waals surface area contributed by atoms with E-state index in [9.17, 15) is 0 Å². The average Bonchev–Trinajstić information content (AvgIpc) is 2.15. The highest BCUT2D eigenvalue weighted by molar-refractivity contribution is 5.57. The van der Waals surface area contributed by atoms with Crippen molar-refractivity contribution in [3.8, 4) is 11.8 Å². The van der Waals surface area contributed by atoms with Crippen LogP contribution in [0.1, 0.15) is 11.1 Å². The molecule has 0 aromatic heterocycles. The van der Waals surface area contributed by atoms with Crippen LogP contribution in [0.25, 0.3) is 6.08 Å². The maximum atomic E-state index is 5.27. The number of benzene rings is 1. The predicted molar refractivity (Wildman–Crippen MR) is 52.5 cm³/mol. The molecule has 0 saturated heterocycles. The maximum absolute atomic E-state index is 5.27. The first-order valence-corrected chi connectivity index (χ1v) is 3.79. The molecule has 0 saturated carbocycles. The highest BCUT2D eigenvalue weighted by Crippen LogP contribution is 2.07. The first kappa shape index (κ1) is 8.58. The van der Waals surface area contributed by atoms with Crippen LogP contribution in [-0.2, 0) is 0 Å².